The number of hydrogen-bond donors (Lipinski definition) is 1. The van der Waals surface area contributed by atoms with Crippen molar-refractivity contribution in [1.82, 2.24) is 4.90 Å². The minimum atomic E-state index is 0.0804. The number of ether oxygens (including phenoxy) is 2. The predicted octanol–water partition coefficient (Wildman–Crippen LogP) is 2.57. The van der Waals surface area contributed by atoms with Gasteiger partial charge in [0.25, 0.3) is 0 Å². The summed E-state index contributed by atoms with van der Waals surface area (Å²) in [6.07, 6.45) is 1.13. The van der Waals surface area contributed by atoms with E-state index in [1.165, 1.54) is 5.56 Å². The molecule has 4 atom stereocenters. The average molecular weight is 357 g/mol. The van der Waals surface area contributed by atoms with Crippen molar-refractivity contribution in [2.75, 3.05) is 27.3 Å². The molecule has 0 aliphatic carbocycles. The van der Waals surface area contributed by atoms with E-state index in [0.717, 1.165) is 24.0 Å². The topological polar surface area (TPSA) is 47.7 Å². The largest absolute Gasteiger partial charge is 0.377 e. The van der Waals surface area contributed by atoms with Crippen LogP contribution in [0.4, 0.5) is 0 Å². The first-order chi connectivity index (χ1) is 10.1. The lowest BCUT2D eigenvalue weighted by Crippen LogP contribution is -2.40. The first-order valence-corrected chi connectivity index (χ1v) is 8.21. The molecule has 21 heavy (non-hydrogen) atoms. The monoisotopic (exact) mass is 356 g/mol. The highest BCUT2D eigenvalue weighted by Crippen LogP contribution is 2.34. The molecule has 1 saturated heterocycles. The molecule has 118 valence electrons. The van der Waals surface area contributed by atoms with Gasteiger partial charge in [0.05, 0.1) is 18.2 Å². The van der Waals surface area contributed by atoms with E-state index in [9.17, 15) is 0 Å². The molecule has 1 fully saturated rings. The maximum atomic E-state index is 6.43. The zero-order valence-electron chi connectivity index (χ0n) is 13.0. The Balaban J connectivity index is 2.28. The van der Waals surface area contributed by atoms with Crippen LogP contribution in [0.25, 0.3) is 0 Å². The van der Waals surface area contributed by atoms with Crippen LogP contribution in [0.2, 0.25) is 0 Å². The minimum Gasteiger partial charge on any atom is -0.377 e. The highest BCUT2D eigenvalue weighted by Gasteiger charge is 2.39. The number of rotatable bonds is 6. The van der Waals surface area contributed by atoms with Crippen LogP contribution in [0.1, 0.15) is 24.9 Å². The molecule has 4 nitrogen and oxygen atoms in total. The van der Waals surface area contributed by atoms with Crippen molar-refractivity contribution in [3.8, 4) is 0 Å². The van der Waals surface area contributed by atoms with Crippen LogP contribution >= 0.6 is 15.9 Å². The van der Waals surface area contributed by atoms with E-state index in [1.807, 2.05) is 6.07 Å². The van der Waals surface area contributed by atoms with Crippen LogP contribution in [0.3, 0.4) is 0 Å². The Hall–Kier alpha value is -0.460. The number of nitrogens with zero attached hydrogens (tertiary/aromatic N) is 1. The van der Waals surface area contributed by atoms with Gasteiger partial charge in [0, 0.05) is 37.8 Å². The van der Waals surface area contributed by atoms with E-state index in [2.05, 4.69) is 46.0 Å². The maximum Gasteiger partial charge on any atom is 0.0972 e. The Morgan fingerprint density at radius 3 is 2.29 bits per heavy atom. The zero-order valence-corrected chi connectivity index (χ0v) is 14.5. The maximum absolute atomic E-state index is 6.43. The molecule has 0 bridgehead atoms. The molecule has 2 N–H and O–H groups in total. The Bertz CT molecular complexity index is 446. The van der Waals surface area contributed by atoms with Crippen molar-refractivity contribution >= 4 is 15.9 Å². The number of methoxy groups -OCH3 is 2. The predicted molar refractivity (Wildman–Crippen MR) is 88.3 cm³/mol. The molecule has 1 aromatic carbocycles. The lowest BCUT2D eigenvalue weighted by Gasteiger charge is -2.33. The van der Waals surface area contributed by atoms with Crippen LogP contribution < -0.4 is 5.73 Å². The smallest absolute Gasteiger partial charge is 0.0972 e. The van der Waals surface area contributed by atoms with Gasteiger partial charge in [-0.1, -0.05) is 41.1 Å². The van der Waals surface area contributed by atoms with Gasteiger partial charge in [-0.2, -0.15) is 0 Å². The summed E-state index contributed by atoms with van der Waals surface area (Å²) in [7, 11) is 3.49. The lowest BCUT2D eigenvalue weighted by molar-refractivity contribution is -0.00461. The summed E-state index contributed by atoms with van der Waals surface area (Å²) in [4.78, 5) is 2.39. The van der Waals surface area contributed by atoms with Crippen molar-refractivity contribution in [2.45, 2.75) is 37.6 Å². The summed E-state index contributed by atoms with van der Waals surface area (Å²) >= 11 is 3.66. The molecule has 4 unspecified atom stereocenters. The molecule has 5 heteroatoms. The summed E-state index contributed by atoms with van der Waals surface area (Å²) in [5.74, 6) is 0. The van der Waals surface area contributed by atoms with Crippen LogP contribution in [0.15, 0.2) is 28.7 Å². The van der Waals surface area contributed by atoms with E-state index in [4.69, 9.17) is 15.2 Å². The summed E-state index contributed by atoms with van der Waals surface area (Å²) in [5.41, 5.74) is 7.66. The van der Waals surface area contributed by atoms with Crippen LogP contribution in [-0.4, -0.2) is 50.5 Å². The molecule has 0 spiro atoms. The van der Waals surface area contributed by atoms with Gasteiger partial charge < -0.3 is 15.2 Å². The molecule has 0 amide bonds. The van der Waals surface area contributed by atoms with E-state index < -0.39 is 0 Å². The van der Waals surface area contributed by atoms with Crippen LogP contribution in [0.5, 0.6) is 0 Å². The normalized spacial score (nSPS) is 26.0. The highest BCUT2D eigenvalue weighted by atomic mass is 79.9. The van der Waals surface area contributed by atoms with Gasteiger partial charge in [-0.3, -0.25) is 4.90 Å². The number of likely N-dealkylation sites (tertiary alicyclic amines) is 1. The first kappa shape index (κ1) is 16.9. The number of halogens is 1. The van der Waals surface area contributed by atoms with Gasteiger partial charge >= 0.3 is 0 Å². The van der Waals surface area contributed by atoms with Gasteiger partial charge in [0.1, 0.15) is 0 Å². The Morgan fingerprint density at radius 2 is 1.81 bits per heavy atom. The van der Waals surface area contributed by atoms with Gasteiger partial charge in [-0.25, -0.2) is 0 Å². The molecule has 1 aliphatic rings. The fraction of sp³-hybridized carbons (Fsp3) is 0.625. The molecular formula is C16H25BrN2O2. The van der Waals surface area contributed by atoms with Crippen molar-refractivity contribution in [3.05, 3.63) is 34.3 Å². The van der Waals surface area contributed by atoms with E-state index >= 15 is 0 Å². The van der Waals surface area contributed by atoms with E-state index in [1.54, 1.807) is 14.2 Å². The minimum absolute atomic E-state index is 0.0804. The number of hydrogen-bond acceptors (Lipinski definition) is 4. The lowest BCUT2D eigenvalue weighted by atomic mass is 9.96. The van der Waals surface area contributed by atoms with Crippen molar-refractivity contribution in [2.24, 2.45) is 5.73 Å². The third-order valence-corrected chi connectivity index (χ3v) is 5.07. The third-order valence-electron chi connectivity index (χ3n) is 4.34. The second-order valence-corrected chi connectivity index (χ2v) is 6.40. The SMILES string of the molecule is CCC(N)C(c1ccccc1Br)N1CC(OC)C(OC)C1. The molecule has 1 aliphatic heterocycles. The highest BCUT2D eigenvalue weighted by molar-refractivity contribution is 9.10. The van der Waals surface area contributed by atoms with Crippen LogP contribution in [-0.2, 0) is 9.47 Å². The first-order valence-electron chi connectivity index (χ1n) is 7.42. The van der Waals surface area contributed by atoms with Crippen molar-refractivity contribution in [3.63, 3.8) is 0 Å². The second-order valence-electron chi connectivity index (χ2n) is 5.54. The third kappa shape index (κ3) is 3.66. The Kier molecular flexibility index (Phi) is 6.20. The fourth-order valence-corrected chi connectivity index (χ4v) is 3.61. The van der Waals surface area contributed by atoms with Crippen LogP contribution in [0, 0.1) is 0 Å². The zero-order chi connectivity index (χ0) is 15.4. The Labute approximate surface area is 135 Å². The summed E-state index contributed by atoms with van der Waals surface area (Å²) in [6, 6.07) is 8.56. The van der Waals surface area contributed by atoms with Crippen molar-refractivity contribution < 1.29 is 9.47 Å². The summed E-state index contributed by atoms with van der Waals surface area (Å²) in [5, 5.41) is 0. The number of nitrogens with two attached hydrogens (primary N) is 1. The number of benzene rings is 1. The summed E-state index contributed by atoms with van der Waals surface area (Å²) < 4.78 is 12.2. The molecule has 0 saturated carbocycles. The molecule has 1 aromatic rings. The van der Waals surface area contributed by atoms with Gasteiger partial charge in [0.2, 0.25) is 0 Å². The van der Waals surface area contributed by atoms with E-state index in [0.29, 0.717) is 0 Å². The standard InChI is InChI=1S/C16H25BrN2O2/c1-4-13(18)16(11-7-5-6-8-12(11)17)19-9-14(20-2)15(10-19)21-3/h5-8,13-16H,4,9-10,18H2,1-3H3. The van der Waals surface area contributed by atoms with Gasteiger partial charge in [0.15, 0.2) is 0 Å². The van der Waals surface area contributed by atoms with Crippen molar-refractivity contribution in [1.29, 1.82) is 0 Å². The fourth-order valence-electron chi connectivity index (χ4n) is 3.09. The Morgan fingerprint density at radius 1 is 1.24 bits per heavy atom. The quantitative estimate of drug-likeness (QED) is 0.850. The molecule has 0 radical (unpaired) electrons. The average Bonchev–Trinajstić information content (AvgIpc) is 2.92. The van der Waals surface area contributed by atoms with Gasteiger partial charge in [-0.05, 0) is 18.1 Å². The second kappa shape index (κ2) is 7.70. The molecule has 1 heterocycles. The summed E-state index contributed by atoms with van der Waals surface area (Å²) in [6.45, 7) is 3.82. The molecular weight excluding hydrogens is 332 g/mol. The van der Waals surface area contributed by atoms with Gasteiger partial charge in [-0.15, -0.1) is 0 Å². The van der Waals surface area contributed by atoms with E-state index in [-0.39, 0.29) is 24.3 Å². The molecule has 2 rings (SSSR count). The molecule has 0 aromatic heterocycles.